The molecule has 1 aromatic carbocycles. The number of amides is 1. The van der Waals surface area contributed by atoms with Gasteiger partial charge < -0.3 is 25.8 Å². The number of rotatable bonds is 4. The molecule has 0 atom stereocenters. The maximum Gasteiger partial charge on any atom is 0.260 e. The lowest BCUT2D eigenvalue weighted by Gasteiger charge is -2.45. The van der Waals surface area contributed by atoms with Gasteiger partial charge in [-0.25, -0.2) is 4.99 Å². The van der Waals surface area contributed by atoms with E-state index in [1.165, 1.54) is 6.42 Å². The molecular weight excluding hydrogens is 372 g/mol. The molecule has 1 aromatic rings. The number of benzene rings is 1. The van der Waals surface area contributed by atoms with E-state index in [-0.39, 0.29) is 18.5 Å². The zero-order valence-corrected chi connectivity index (χ0v) is 16.5. The fraction of sp³-hybridized carbons (Fsp3) is 0.550. The summed E-state index contributed by atoms with van der Waals surface area (Å²) in [5.74, 6) is 1.19. The minimum Gasteiger partial charge on any atom is -0.484 e. The van der Waals surface area contributed by atoms with Gasteiger partial charge in [-0.2, -0.15) is 4.99 Å². The second-order valence-electron chi connectivity index (χ2n) is 7.59. The molecule has 156 valence electrons. The van der Waals surface area contributed by atoms with Crippen molar-refractivity contribution in [1.82, 2.24) is 4.90 Å². The van der Waals surface area contributed by atoms with Crippen LogP contribution in [0.15, 0.2) is 34.3 Å². The number of nitrogens with zero attached hydrogens (tertiary/aromatic N) is 4. The van der Waals surface area contributed by atoms with Gasteiger partial charge in [-0.05, 0) is 49.9 Å². The minimum atomic E-state index is -0.469. The van der Waals surface area contributed by atoms with E-state index < -0.39 is 5.66 Å². The molecule has 3 aliphatic rings. The highest BCUT2D eigenvalue weighted by atomic mass is 16.5. The Labute approximate surface area is 170 Å². The number of ether oxygens (including phenoxy) is 2. The molecule has 2 heterocycles. The van der Waals surface area contributed by atoms with Crippen molar-refractivity contribution < 1.29 is 14.3 Å². The van der Waals surface area contributed by atoms with E-state index in [4.69, 9.17) is 20.9 Å². The van der Waals surface area contributed by atoms with Crippen LogP contribution in [0.1, 0.15) is 32.1 Å². The van der Waals surface area contributed by atoms with Gasteiger partial charge in [0.25, 0.3) is 5.91 Å². The van der Waals surface area contributed by atoms with Crippen molar-refractivity contribution in [3.05, 3.63) is 24.3 Å². The number of anilines is 1. The Morgan fingerprint density at radius 2 is 1.79 bits per heavy atom. The number of aliphatic imine (C=N–C) groups is 2. The number of nitrogens with two attached hydrogens (primary N) is 2. The van der Waals surface area contributed by atoms with Gasteiger partial charge >= 0.3 is 0 Å². The van der Waals surface area contributed by atoms with Crippen molar-refractivity contribution in [2.24, 2.45) is 21.5 Å². The zero-order valence-electron chi connectivity index (χ0n) is 16.5. The Morgan fingerprint density at radius 3 is 2.48 bits per heavy atom. The Kier molecular flexibility index (Phi) is 5.57. The molecule has 1 amide bonds. The highest BCUT2D eigenvalue weighted by Crippen LogP contribution is 2.39. The van der Waals surface area contributed by atoms with Crippen LogP contribution in [0.3, 0.4) is 0 Å². The summed E-state index contributed by atoms with van der Waals surface area (Å²) in [4.78, 5) is 24.8. The highest BCUT2D eigenvalue weighted by Gasteiger charge is 2.42. The monoisotopic (exact) mass is 400 g/mol. The lowest BCUT2D eigenvalue weighted by molar-refractivity contribution is -0.137. The largest absolute Gasteiger partial charge is 0.484 e. The average Bonchev–Trinajstić information content (AvgIpc) is 2.73. The molecule has 1 saturated heterocycles. The SMILES string of the molecule is NC1=NC2(CCCCC2)N(c2ccc(OCC(=O)N3CCOCC3)cc2)C(N)=N1. The third-order valence-corrected chi connectivity index (χ3v) is 5.67. The standard InChI is InChI=1S/C20H28N6O3/c21-18-23-19(22)26(20(24-18)8-2-1-3-9-20)15-4-6-16(7-5-15)29-14-17(27)25-10-12-28-13-11-25/h4-7H,1-3,8-14H2,(H4,21,22,23,24). The van der Waals surface area contributed by atoms with Gasteiger partial charge in [0.1, 0.15) is 11.4 Å². The van der Waals surface area contributed by atoms with Crippen molar-refractivity contribution in [3.8, 4) is 5.75 Å². The smallest absolute Gasteiger partial charge is 0.260 e. The van der Waals surface area contributed by atoms with Crippen LogP contribution in [0.2, 0.25) is 0 Å². The summed E-state index contributed by atoms with van der Waals surface area (Å²) in [6.45, 7) is 2.39. The topological polar surface area (TPSA) is 119 Å². The first-order valence-corrected chi connectivity index (χ1v) is 10.2. The van der Waals surface area contributed by atoms with Crippen LogP contribution in [0.5, 0.6) is 5.75 Å². The maximum absolute atomic E-state index is 12.2. The first-order chi connectivity index (χ1) is 14.1. The van der Waals surface area contributed by atoms with Crippen LogP contribution < -0.4 is 21.1 Å². The van der Waals surface area contributed by atoms with Crippen molar-refractivity contribution in [3.63, 3.8) is 0 Å². The Bertz CT molecular complexity index is 795. The predicted octanol–water partition coefficient (Wildman–Crippen LogP) is 1.03. The van der Waals surface area contributed by atoms with Crippen molar-refractivity contribution in [2.75, 3.05) is 37.8 Å². The summed E-state index contributed by atoms with van der Waals surface area (Å²) in [7, 11) is 0. The van der Waals surface area contributed by atoms with Crippen LogP contribution >= 0.6 is 0 Å². The lowest BCUT2D eigenvalue weighted by Crippen LogP contribution is -2.58. The maximum atomic E-state index is 12.2. The third-order valence-electron chi connectivity index (χ3n) is 5.67. The molecule has 1 spiro atoms. The average molecular weight is 400 g/mol. The molecule has 1 aliphatic carbocycles. The molecule has 9 heteroatoms. The summed E-state index contributed by atoms with van der Waals surface area (Å²) in [5.41, 5.74) is 12.6. The number of hydrogen-bond acceptors (Lipinski definition) is 8. The van der Waals surface area contributed by atoms with E-state index in [2.05, 4.69) is 9.98 Å². The first-order valence-electron chi connectivity index (χ1n) is 10.2. The van der Waals surface area contributed by atoms with Crippen molar-refractivity contribution >= 4 is 23.5 Å². The van der Waals surface area contributed by atoms with Crippen molar-refractivity contribution in [2.45, 2.75) is 37.8 Å². The van der Waals surface area contributed by atoms with Crippen molar-refractivity contribution in [1.29, 1.82) is 0 Å². The van der Waals surface area contributed by atoms with Gasteiger partial charge in [0.2, 0.25) is 11.9 Å². The van der Waals surface area contributed by atoms with Crippen LogP contribution in [0, 0.1) is 0 Å². The van der Waals surface area contributed by atoms with Gasteiger partial charge in [-0.15, -0.1) is 0 Å². The van der Waals surface area contributed by atoms with E-state index in [9.17, 15) is 4.79 Å². The van der Waals surface area contributed by atoms with Crippen LogP contribution in [0.4, 0.5) is 5.69 Å². The molecule has 4 rings (SSSR count). The van der Waals surface area contributed by atoms with E-state index in [1.54, 1.807) is 4.90 Å². The minimum absolute atomic E-state index is 0.0113. The molecule has 0 bridgehead atoms. The molecule has 2 fully saturated rings. The molecule has 0 unspecified atom stereocenters. The number of morpholine rings is 1. The summed E-state index contributed by atoms with van der Waals surface area (Å²) >= 11 is 0. The molecule has 2 aliphatic heterocycles. The fourth-order valence-corrected chi connectivity index (χ4v) is 4.24. The molecular formula is C20H28N6O3. The number of guanidine groups is 2. The van der Waals surface area contributed by atoms with E-state index >= 15 is 0 Å². The van der Waals surface area contributed by atoms with Gasteiger partial charge in [0, 0.05) is 18.8 Å². The predicted molar refractivity (Wildman–Crippen MR) is 111 cm³/mol. The van der Waals surface area contributed by atoms with E-state index in [0.717, 1.165) is 31.4 Å². The zero-order chi connectivity index (χ0) is 20.3. The van der Waals surface area contributed by atoms with E-state index in [0.29, 0.717) is 38.0 Å². The number of hydrogen-bond donors (Lipinski definition) is 2. The summed E-state index contributed by atoms with van der Waals surface area (Å²) in [6, 6.07) is 7.52. The molecule has 1 saturated carbocycles. The van der Waals surface area contributed by atoms with E-state index in [1.807, 2.05) is 29.2 Å². The highest BCUT2D eigenvalue weighted by molar-refractivity contribution is 6.05. The summed E-state index contributed by atoms with van der Waals surface area (Å²) in [5, 5.41) is 0. The van der Waals surface area contributed by atoms with Gasteiger partial charge in [-0.3, -0.25) is 9.69 Å². The van der Waals surface area contributed by atoms with Gasteiger partial charge in [-0.1, -0.05) is 6.42 Å². The number of carbonyl (C=O) groups excluding carboxylic acids is 1. The summed E-state index contributed by atoms with van der Waals surface area (Å²) in [6.07, 6.45) is 5.11. The Morgan fingerprint density at radius 1 is 1.10 bits per heavy atom. The molecule has 4 N–H and O–H groups in total. The normalized spacial score (nSPS) is 21.5. The Balaban J connectivity index is 1.45. The van der Waals surface area contributed by atoms with Gasteiger partial charge in [0.15, 0.2) is 6.61 Å². The molecule has 9 nitrogen and oxygen atoms in total. The van der Waals surface area contributed by atoms with Crippen LogP contribution in [0.25, 0.3) is 0 Å². The second-order valence-corrected chi connectivity index (χ2v) is 7.59. The molecule has 0 radical (unpaired) electrons. The molecule has 29 heavy (non-hydrogen) atoms. The number of carbonyl (C=O) groups is 1. The third kappa shape index (κ3) is 4.14. The fourth-order valence-electron chi connectivity index (χ4n) is 4.24. The summed E-state index contributed by atoms with van der Waals surface area (Å²) < 4.78 is 11.0. The van der Waals surface area contributed by atoms with Gasteiger partial charge in [0.05, 0.1) is 13.2 Å². The van der Waals surface area contributed by atoms with Crippen LogP contribution in [-0.2, 0) is 9.53 Å². The molecule has 0 aromatic heterocycles. The second kappa shape index (κ2) is 8.28. The Hall–Kier alpha value is -2.81. The lowest BCUT2D eigenvalue weighted by atomic mass is 9.87. The first kappa shape index (κ1) is 19.5. The quantitative estimate of drug-likeness (QED) is 0.779. The van der Waals surface area contributed by atoms with Crippen LogP contribution in [-0.4, -0.2) is 61.3 Å².